The highest BCUT2D eigenvalue weighted by molar-refractivity contribution is 5.69. The second-order valence-electron chi connectivity index (χ2n) is 11.6. The van der Waals surface area contributed by atoms with Crippen molar-refractivity contribution in [2.45, 2.75) is 174 Å². The number of rotatable bonds is 32. The first-order chi connectivity index (χ1) is 20.2. The van der Waals surface area contributed by atoms with Crippen LogP contribution in [-0.2, 0) is 14.3 Å². The van der Waals surface area contributed by atoms with E-state index in [-0.39, 0.29) is 19.2 Å². The van der Waals surface area contributed by atoms with Gasteiger partial charge >= 0.3 is 5.97 Å². The van der Waals surface area contributed by atoms with E-state index < -0.39 is 6.10 Å². The first-order valence-corrected chi connectivity index (χ1v) is 17.6. The molecular weight excluding hydrogens is 508 g/mol. The third-order valence-corrected chi connectivity index (χ3v) is 7.44. The van der Waals surface area contributed by atoms with Gasteiger partial charge in [0.1, 0.15) is 6.10 Å². The highest BCUT2D eigenvalue weighted by Gasteiger charge is 2.13. The van der Waals surface area contributed by atoms with Crippen LogP contribution in [0.25, 0.3) is 0 Å². The molecule has 0 rings (SSSR count). The molecule has 4 heteroatoms. The van der Waals surface area contributed by atoms with Gasteiger partial charge in [-0.25, -0.2) is 0 Å². The molecule has 4 nitrogen and oxygen atoms in total. The molecule has 240 valence electrons. The molecule has 0 aliphatic heterocycles. The Morgan fingerprint density at radius 3 is 1.61 bits per heavy atom. The predicted octanol–water partition coefficient (Wildman–Crippen LogP) is 11.0. The SMILES string of the molecule is CCCC/C=C\CCCCCCCCOCC(CO)OC(=O)CCCCCCCCC/C=C\C/C=C\CCCCC. The Kier molecular flexibility index (Phi) is 33.6. The summed E-state index contributed by atoms with van der Waals surface area (Å²) in [4.78, 5) is 12.1. The maximum absolute atomic E-state index is 12.1. The van der Waals surface area contributed by atoms with Crippen molar-refractivity contribution in [1.29, 1.82) is 0 Å². The average molecular weight is 577 g/mol. The lowest BCUT2D eigenvalue weighted by Gasteiger charge is -2.15. The molecule has 1 atom stereocenters. The first kappa shape index (κ1) is 39.6. The molecule has 1 unspecified atom stereocenters. The van der Waals surface area contributed by atoms with Crippen LogP contribution >= 0.6 is 0 Å². The third kappa shape index (κ3) is 33.0. The number of allylic oxidation sites excluding steroid dienone is 6. The van der Waals surface area contributed by atoms with Crippen LogP contribution in [0.2, 0.25) is 0 Å². The molecule has 0 saturated carbocycles. The van der Waals surface area contributed by atoms with E-state index in [9.17, 15) is 9.90 Å². The van der Waals surface area contributed by atoms with Gasteiger partial charge in [0.05, 0.1) is 13.2 Å². The summed E-state index contributed by atoms with van der Waals surface area (Å²) in [5, 5.41) is 9.53. The molecule has 0 heterocycles. The molecule has 0 fully saturated rings. The lowest BCUT2D eigenvalue weighted by atomic mass is 10.1. The largest absolute Gasteiger partial charge is 0.457 e. The van der Waals surface area contributed by atoms with E-state index >= 15 is 0 Å². The number of unbranched alkanes of at least 4 members (excludes halogenated alkanes) is 18. The summed E-state index contributed by atoms with van der Waals surface area (Å²) in [5.41, 5.74) is 0. The lowest BCUT2D eigenvalue weighted by Crippen LogP contribution is -2.27. The van der Waals surface area contributed by atoms with E-state index in [1.165, 1.54) is 122 Å². The van der Waals surface area contributed by atoms with Gasteiger partial charge in [0.25, 0.3) is 0 Å². The fourth-order valence-corrected chi connectivity index (χ4v) is 4.75. The Labute approximate surface area is 255 Å². The Bertz CT molecular complexity index is 610. The lowest BCUT2D eigenvalue weighted by molar-refractivity contribution is -0.154. The summed E-state index contributed by atoms with van der Waals surface area (Å²) in [6.07, 6.45) is 41.7. The van der Waals surface area contributed by atoms with Gasteiger partial charge in [-0.3, -0.25) is 4.79 Å². The molecule has 0 bridgehead atoms. The van der Waals surface area contributed by atoms with Crippen molar-refractivity contribution in [3.05, 3.63) is 36.5 Å². The molecule has 0 aliphatic rings. The second-order valence-corrected chi connectivity index (χ2v) is 11.6. The van der Waals surface area contributed by atoms with Crippen molar-refractivity contribution >= 4 is 5.97 Å². The normalized spacial score (nSPS) is 12.8. The zero-order valence-corrected chi connectivity index (χ0v) is 27.3. The van der Waals surface area contributed by atoms with Gasteiger partial charge in [-0.05, 0) is 64.2 Å². The highest BCUT2D eigenvalue weighted by atomic mass is 16.6. The number of aliphatic hydroxyl groups excluding tert-OH is 1. The minimum atomic E-state index is -0.538. The number of carbonyl (C=O) groups excluding carboxylic acids is 1. The smallest absolute Gasteiger partial charge is 0.306 e. The molecule has 0 amide bonds. The predicted molar refractivity (Wildman–Crippen MR) is 177 cm³/mol. The number of hydrogen-bond acceptors (Lipinski definition) is 4. The number of ether oxygens (including phenoxy) is 2. The fourth-order valence-electron chi connectivity index (χ4n) is 4.75. The van der Waals surface area contributed by atoms with Gasteiger partial charge < -0.3 is 14.6 Å². The Morgan fingerprint density at radius 2 is 1.05 bits per heavy atom. The van der Waals surface area contributed by atoms with Crippen molar-refractivity contribution in [3.63, 3.8) is 0 Å². The molecular formula is C37H68O4. The van der Waals surface area contributed by atoms with Crippen LogP contribution in [0.5, 0.6) is 0 Å². The molecule has 0 saturated heterocycles. The summed E-state index contributed by atoms with van der Waals surface area (Å²) >= 11 is 0. The summed E-state index contributed by atoms with van der Waals surface area (Å²) in [5.74, 6) is -0.213. The van der Waals surface area contributed by atoms with E-state index in [4.69, 9.17) is 9.47 Å². The van der Waals surface area contributed by atoms with Crippen LogP contribution < -0.4 is 0 Å². The van der Waals surface area contributed by atoms with Gasteiger partial charge in [0.15, 0.2) is 0 Å². The maximum Gasteiger partial charge on any atom is 0.306 e. The number of carbonyl (C=O) groups is 1. The number of aliphatic hydroxyl groups is 1. The van der Waals surface area contributed by atoms with Crippen LogP contribution in [0.1, 0.15) is 168 Å². The van der Waals surface area contributed by atoms with Crippen LogP contribution in [-0.4, -0.2) is 37.0 Å². The Morgan fingerprint density at radius 1 is 0.585 bits per heavy atom. The average Bonchev–Trinajstić information content (AvgIpc) is 2.98. The van der Waals surface area contributed by atoms with E-state index in [0.717, 1.165) is 25.7 Å². The van der Waals surface area contributed by atoms with Gasteiger partial charge in [-0.15, -0.1) is 0 Å². The van der Waals surface area contributed by atoms with Crippen LogP contribution in [0, 0.1) is 0 Å². The minimum absolute atomic E-state index is 0.177. The maximum atomic E-state index is 12.1. The van der Waals surface area contributed by atoms with E-state index in [2.05, 4.69) is 50.3 Å². The molecule has 0 radical (unpaired) electrons. The minimum Gasteiger partial charge on any atom is -0.457 e. The zero-order chi connectivity index (χ0) is 29.9. The first-order valence-electron chi connectivity index (χ1n) is 17.6. The summed E-state index contributed by atoms with van der Waals surface area (Å²) in [7, 11) is 0. The standard InChI is InChI=1S/C37H68O4/c1-3-5-7-9-11-13-15-17-18-19-20-21-22-24-26-28-30-32-37(39)41-36(34-38)35-40-33-31-29-27-25-23-16-14-12-10-8-6-4-2/h10-13,17-18,36,38H,3-9,14-16,19-35H2,1-2H3/b12-10-,13-11-,18-17-. The van der Waals surface area contributed by atoms with Gasteiger partial charge in [0, 0.05) is 13.0 Å². The van der Waals surface area contributed by atoms with E-state index in [0.29, 0.717) is 13.0 Å². The monoisotopic (exact) mass is 577 g/mol. The zero-order valence-electron chi connectivity index (χ0n) is 27.3. The van der Waals surface area contributed by atoms with Gasteiger partial charge in [-0.1, -0.05) is 134 Å². The van der Waals surface area contributed by atoms with E-state index in [1.54, 1.807) is 0 Å². The molecule has 0 aromatic heterocycles. The molecule has 0 aromatic rings. The summed E-state index contributed by atoms with van der Waals surface area (Å²) in [6.45, 7) is 5.26. The Hall–Kier alpha value is -1.39. The van der Waals surface area contributed by atoms with Crippen molar-refractivity contribution in [1.82, 2.24) is 0 Å². The molecule has 0 aromatic carbocycles. The number of esters is 1. The third-order valence-electron chi connectivity index (χ3n) is 7.44. The molecule has 41 heavy (non-hydrogen) atoms. The van der Waals surface area contributed by atoms with Crippen molar-refractivity contribution in [3.8, 4) is 0 Å². The van der Waals surface area contributed by atoms with Gasteiger partial charge in [0.2, 0.25) is 0 Å². The van der Waals surface area contributed by atoms with Crippen molar-refractivity contribution in [2.75, 3.05) is 19.8 Å². The fraction of sp³-hybridized carbons (Fsp3) is 0.811. The number of hydrogen-bond donors (Lipinski definition) is 1. The summed E-state index contributed by atoms with van der Waals surface area (Å²) < 4.78 is 11.1. The van der Waals surface area contributed by atoms with Crippen LogP contribution in [0.15, 0.2) is 36.5 Å². The topological polar surface area (TPSA) is 55.8 Å². The van der Waals surface area contributed by atoms with Crippen LogP contribution in [0.4, 0.5) is 0 Å². The van der Waals surface area contributed by atoms with Gasteiger partial charge in [-0.2, -0.15) is 0 Å². The molecule has 0 aliphatic carbocycles. The molecule has 1 N–H and O–H groups in total. The van der Waals surface area contributed by atoms with Crippen molar-refractivity contribution < 1.29 is 19.4 Å². The summed E-state index contributed by atoms with van der Waals surface area (Å²) in [6, 6.07) is 0. The molecule has 0 spiro atoms. The second kappa shape index (κ2) is 34.8. The highest BCUT2D eigenvalue weighted by Crippen LogP contribution is 2.12. The Balaban J connectivity index is 3.48. The quantitative estimate of drug-likeness (QED) is 0.0491. The van der Waals surface area contributed by atoms with E-state index in [1.807, 2.05) is 0 Å². The van der Waals surface area contributed by atoms with Crippen molar-refractivity contribution in [2.24, 2.45) is 0 Å². The van der Waals surface area contributed by atoms with Crippen LogP contribution in [0.3, 0.4) is 0 Å².